The summed E-state index contributed by atoms with van der Waals surface area (Å²) in [6, 6.07) is 19.5. The van der Waals surface area contributed by atoms with Crippen molar-refractivity contribution in [3.63, 3.8) is 0 Å². The molecular weight excluding hydrogens is 1080 g/mol. The molecule has 472 valence electrons. The number of ether oxygens (including phenoxy) is 16. The van der Waals surface area contributed by atoms with Crippen LogP contribution in [0.3, 0.4) is 0 Å². The number of aldehydes is 1. The summed E-state index contributed by atoms with van der Waals surface area (Å²) >= 11 is 0. The Morgan fingerprint density at radius 2 is 0.975 bits per heavy atom. The molecule has 14 atom stereocenters. The lowest BCUT2D eigenvalue weighted by Crippen LogP contribution is -2.43. The molecule has 2 aromatic rings. The molecule has 26 heteroatoms. The predicted octanol–water partition coefficient (Wildman–Crippen LogP) is 0.892. The molecule has 5 rings (SSSR count). The average Bonchev–Trinajstić information content (AvgIpc) is 3.80. The van der Waals surface area contributed by atoms with Crippen molar-refractivity contribution >= 4 is 6.29 Å². The molecule has 3 aliphatic heterocycles. The lowest BCUT2D eigenvalue weighted by molar-refractivity contribution is -0.301. The molecular formula is C55H96O26. The SMILES string of the molecule is C=CCC(O)C(OC)OC.COC(OC)C(O)CC(O)CO.COC(OC)C1CC(CO)OC(c2ccccc2)O1.COCC(O)CC(O)C=O.COCC1CC(C(OC)OC)OC(c2ccccc2)O1.COCC1CC(O)C(O)O1. The molecule has 3 heterocycles. The van der Waals surface area contributed by atoms with Crippen molar-refractivity contribution in [2.75, 3.05) is 111 Å². The zero-order valence-electron chi connectivity index (χ0n) is 48.8. The number of methoxy groups -OCH3 is 11. The van der Waals surface area contributed by atoms with Crippen LogP contribution in [-0.4, -0.2) is 262 Å². The van der Waals surface area contributed by atoms with Crippen molar-refractivity contribution in [2.24, 2.45) is 0 Å². The summed E-state index contributed by atoms with van der Waals surface area (Å²) in [4.78, 5) is 9.84. The normalized spacial score (nSPS) is 24.3. The first-order valence-electron chi connectivity index (χ1n) is 26.0. The zero-order chi connectivity index (χ0) is 61.1. The Hall–Kier alpha value is -3.15. The number of benzene rings is 2. The minimum absolute atomic E-state index is 0.0306. The highest BCUT2D eigenvalue weighted by Gasteiger charge is 2.37. The van der Waals surface area contributed by atoms with E-state index in [9.17, 15) is 20.1 Å². The summed E-state index contributed by atoms with van der Waals surface area (Å²) in [6.45, 7) is 4.14. The van der Waals surface area contributed by atoms with Gasteiger partial charge in [0.15, 0.2) is 44.0 Å². The number of aliphatic hydroxyl groups is 9. The second-order valence-corrected chi connectivity index (χ2v) is 18.0. The third-order valence-electron chi connectivity index (χ3n) is 11.7. The molecule has 0 spiro atoms. The Morgan fingerprint density at radius 1 is 0.543 bits per heavy atom. The number of carbonyl (C=O) groups excluding carboxylic acids is 1. The van der Waals surface area contributed by atoms with Gasteiger partial charge >= 0.3 is 0 Å². The molecule has 3 aliphatic rings. The fourth-order valence-electron chi connectivity index (χ4n) is 7.75. The van der Waals surface area contributed by atoms with Gasteiger partial charge in [-0.1, -0.05) is 66.7 Å². The number of hydrogen-bond acceptors (Lipinski definition) is 26. The summed E-state index contributed by atoms with van der Waals surface area (Å²) < 4.78 is 83.0. The van der Waals surface area contributed by atoms with E-state index in [4.69, 9.17) is 102 Å². The predicted molar refractivity (Wildman–Crippen MR) is 290 cm³/mol. The van der Waals surface area contributed by atoms with Gasteiger partial charge in [0.25, 0.3) is 0 Å². The highest BCUT2D eigenvalue weighted by atomic mass is 16.8. The first-order valence-corrected chi connectivity index (χ1v) is 26.0. The van der Waals surface area contributed by atoms with Gasteiger partial charge < -0.3 is 127 Å². The van der Waals surface area contributed by atoms with Crippen LogP contribution in [0.2, 0.25) is 0 Å². The van der Waals surface area contributed by atoms with Crippen LogP contribution in [0.15, 0.2) is 73.3 Å². The Balaban J connectivity index is 0.000000977. The van der Waals surface area contributed by atoms with E-state index in [1.54, 1.807) is 48.7 Å². The van der Waals surface area contributed by atoms with E-state index in [0.29, 0.717) is 45.2 Å². The highest BCUT2D eigenvalue weighted by Crippen LogP contribution is 2.33. The highest BCUT2D eigenvalue weighted by molar-refractivity contribution is 5.55. The van der Waals surface area contributed by atoms with Gasteiger partial charge in [0, 0.05) is 121 Å². The molecule has 14 unspecified atom stereocenters. The van der Waals surface area contributed by atoms with Gasteiger partial charge in [0.05, 0.1) is 63.6 Å². The van der Waals surface area contributed by atoms with Crippen LogP contribution < -0.4 is 0 Å². The van der Waals surface area contributed by atoms with E-state index in [1.165, 1.54) is 35.5 Å². The molecule has 0 aromatic heterocycles. The zero-order valence-corrected chi connectivity index (χ0v) is 48.8. The van der Waals surface area contributed by atoms with Crippen molar-refractivity contribution in [2.45, 2.75) is 150 Å². The lowest BCUT2D eigenvalue weighted by atomic mass is 10.1. The number of carbonyl (C=O) groups is 1. The van der Waals surface area contributed by atoms with Gasteiger partial charge in [0.1, 0.15) is 42.9 Å². The number of hydrogen-bond donors (Lipinski definition) is 9. The van der Waals surface area contributed by atoms with Crippen molar-refractivity contribution in [3.05, 3.63) is 84.4 Å². The van der Waals surface area contributed by atoms with Crippen LogP contribution in [0.1, 0.15) is 62.2 Å². The summed E-state index contributed by atoms with van der Waals surface area (Å²) in [5.41, 5.74) is 1.89. The fraction of sp³-hybridized carbons (Fsp3) is 0.727. The molecule has 9 N–H and O–H groups in total. The smallest absolute Gasteiger partial charge is 0.184 e. The molecule has 0 aliphatic carbocycles. The van der Waals surface area contributed by atoms with Crippen LogP contribution in [0.25, 0.3) is 0 Å². The molecule has 3 saturated heterocycles. The van der Waals surface area contributed by atoms with Gasteiger partial charge in [-0.05, 0) is 6.42 Å². The summed E-state index contributed by atoms with van der Waals surface area (Å²) in [5, 5.41) is 80.6. The van der Waals surface area contributed by atoms with Crippen molar-refractivity contribution in [1.29, 1.82) is 0 Å². The standard InChI is InChI=1S/C15H22O5.C14H20O5.C7H16O5.C7H14O3.2C6H12O4/c1-16-10-12-9-13(15(17-2)18-3)20-14(19-12)11-7-5-4-6-8-11;1-16-14(17-2)12-8-11(9-15)18-13(19-12)10-6-4-3-5-7-10;1-11-7(12-2)6(10)3-5(9)4-8;1-4-5-6(8)7(9-2)10-3;1-9-3-4-2-5(7)6(8)10-4;1-10-4-6(9)2-5(8)3-7/h4-8,12-15H,9-10H2,1-3H3;3-7,11-15H,8-9H2,1-2H3;5-10H,3-4H2,1-2H3;4,6-8H,1,5H2,2-3H3;4-8H,2-3H2,1H3;3,5-6,8-9H,2,4H2,1H3. The summed E-state index contributed by atoms with van der Waals surface area (Å²) in [7, 11) is 16.8. The molecule has 3 fully saturated rings. The second kappa shape index (κ2) is 48.1. The molecule has 0 saturated carbocycles. The molecule has 0 radical (unpaired) electrons. The van der Waals surface area contributed by atoms with Crippen molar-refractivity contribution < 1.29 is 127 Å². The number of aliphatic hydroxyl groups excluding tert-OH is 9. The largest absolute Gasteiger partial charge is 0.394 e. The first-order chi connectivity index (χ1) is 38.9. The van der Waals surface area contributed by atoms with Crippen LogP contribution in [0.5, 0.6) is 0 Å². The third-order valence-corrected chi connectivity index (χ3v) is 11.7. The Labute approximate surface area is 477 Å². The van der Waals surface area contributed by atoms with Crippen LogP contribution in [-0.2, 0) is 80.6 Å². The number of rotatable bonds is 29. The molecule has 81 heavy (non-hydrogen) atoms. The van der Waals surface area contributed by atoms with Gasteiger partial charge in [-0.15, -0.1) is 6.58 Å². The van der Waals surface area contributed by atoms with Gasteiger partial charge in [0.2, 0.25) is 0 Å². The van der Waals surface area contributed by atoms with E-state index in [-0.39, 0.29) is 63.2 Å². The Bertz CT molecular complexity index is 1720. The Kier molecular flexibility index (Phi) is 46.3. The molecule has 2 aromatic carbocycles. The monoisotopic (exact) mass is 1170 g/mol. The fourth-order valence-corrected chi connectivity index (χ4v) is 7.75. The first kappa shape index (κ1) is 77.9. The van der Waals surface area contributed by atoms with E-state index < -0.39 is 80.7 Å². The van der Waals surface area contributed by atoms with Crippen LogP contribution in [0, 0.1) is 0 Å². The van der Waals surface area contributed by atoms with Crippen molar-refractivity contribution in [3.8, 4) is 0 Å². The maximum absolute atomic E-state index is 9.84. The van der Waals surface area contributed by atoms with Gasteiger partial charge in [-0.25, -0.2) is 0 Å². The third kappa shape index (κ3) is 32.6. The van der Waals surface area contributed by atoms with Crippen LogP contribution in [0.4, 0.5) is 0 Å². The molecule has 0 amide bonds. The van der Waals surface area contributed by atoms with E-state index in [2.05, 4.69) is 11.3 Å². The average molecular weight is 1170 g/mol. The summed E-state index contributed by atoms with van der Waals surface area (Å²) in [5.74, 6) is 0. The van der Waals surface area contributed by atoms with Crippen LogP contribution >= 0.6 is 0 Å². The van der Waals surface area contributed by atoms with Crippen molar-refractivity contribution in [1.82, 2.24) is 0 Å². The van der Waals surface area contributed by atoms with Gasteiger partial charge in [-0.3, -0.25) is 0 Å². The topological polar surface area (TPSA) is 347 Å². The maximum Gasteiger partial charge on any atom is 0.184 e. The quantitative estimate of drug-likeness (QED) is 0.0310. The lowest BCUT2D eigenvalue weighted by Gasteiger charge is -2.38. The second-order valence-electron chi connectivity index (χ2n) is 18.0. The maximum atomic E-state index is 9.84. The minimum atomic E-state index is -1.08. The summed E-state index contributed by atoms with van der Waals surface area (Å²) in [6.07, 6.45) is -5.95. The van der Waals surface area contributed by atoms with E-state index >= 15 is 0 Å². The van der Waals surface area contributed by atoms with E-state index in [0.717, 1.165) is 11.1 Å². The molecule has 0 bridgehead atoms. The minimum Gasteiger partial charge on any atom is -0.394 e. The van der Waals surface area contributed by atoms with E-state index in [1.807, 2.05) is 60.7 Å². The molecule has 26 nitrogen and oxygen atoms in total. The Morgan fingerprint density at radius 3 is 1.33 bits per heavy atom. The van der Waals surface area contributed by atoms with Gasteiger partial charge in [-0.2, -0.15) is 0 Å².